The maximum Gasteiger partial charge on any atom is 0.404 e. The van der Waals surface area contributed by atoms with Gasteiger partial charge in [-0.05, 0) is 18.4 Å². The van der Waals surface area contributed by atoms with E-state index in [1.54, 1.807) is 0 Å². The third-order valence-corrected chi connectivity index (χ3v) is 0.865. The topological polar surface area (TPSA) is 101 Å². The summed E-state index contributed by atoms with van der Waals surface area (Å²) in [4.78, 5) is 9.94. The zero-order valence-corrected chi connectivity index (χ0v) is 5.95. The third-order valence-electron chi connectivity index (χ3n) is 0.865. The summed E-state index contributed by atoms with van der Waals surface area (Å²) in [5, 5.41) is 10.3. The molecule has 0 spiro atoms. The van der Waals surface area contributed by atoms with Crippen molar-refractivity contribution >= 4 is 6.09 Å². The van der Waals surface area contributed by atoms with Crippen LogP contribution in [0.4, 0.5) is 4.79 Å². The maximum atomic E-state index is 9.94. The van der Waals surface area contributed by atoms with Crippen LogP contribution >= 0.6 is 0 Å². The van der Waals surface area contributed by atoms with E-state index in [1.165, 1.54) is 18.4 Å². The average Bonchev–Trinajstić information content (AvgIpc) is 1.97. The first kappa shape index (κ1) is 9.35. The molecule has 0 heterocycles. The molecule has 62 valence electrons. The van der Waals surface area contributed by atoms with E-state index >= 15 is 0 Å². The summed E-state index contributed by atoms with van der Waals surface area (Å²) in [5.41, 5.74) is 10.8. The summed E-state index contributed by atoms with van der Waals surface area (Å²) >= 11 is 0. The number of allylic oxidation sites excluding steroid dienone is 2. The van der Waals surface area contributed by atoms with E-state index in [1.807, 2.05) is 0 Å². The Kier molecular flexibility index (Phi) is 4.39. The Morgan fingerprint density at radius 2 is 2.27 bits per heavy atom. The maximum absolute atomic E-state index is 9.94. The number of carbonyl (C=O) groups is 1. The Morgan fingerprint density at radius 3 is 2.73 bits per heavy atom. The molecule has 0 unspecified atom stereocenters. The Balaban J connectivity index is 3.68. The Morgan fingerprint density at radius 1 is 1.64 bits per heavy atom. The quantitative estimate of drug-likeness (QED) is 0.417. The zero-order chi connectivity index (χ0) is 8.69. The fourth-order valence-electron chi connectivity index (χ4n) is 0.416. The summed E-state index contributed by atoms with van der Waals surface area (Å²) in [5.74, 6) is 0. The van der Waals surface area contributed by atoms with Crippen molar-refractivity contribution in [2.75, 3.05) is 6.54 Å². The molecule has 11 heavy (non-hydrogen) atoms. The number of hydrogen-bond acceptors (Lipinski definition) is 3. The molecular formula is C6H11N3O2. The van der Waals surface area contributed by atoms with Gasteiger partial charge in [-0.15, -0.1) is 0 Å². The number of rotatable bonds is 3. The molecule has 0 aliphatic carbocycles. The van der Waals surface area contributed by atoms with Gasteiger partial charge in [0.2, 0.25) is 0 Å². The molecule has 0 aromatic rings. The van der Waals surface area contributed by atoms with Crippen LogP contribution in [-0.4, -0.2) is 17.7 Å². The van der Waals surface area contributed by atoms with Crippen LogP contribution in [0.5, 0.6) is 0 Å². The summed E-state index contributed by atoms with van der Waals surface area (Å²) in [6, 6.07) is 0. The predicted molar refractivity (Wildman–Crippen MR) is 41.6 cm³/mol. The van der Waals surface area contributed by atoms with Crippen molar-refractivity contribution in [2.45, 2.75) is 0 Å². The van der Waals surface area contributed by atoms with Crippen molar-refractivity contribution in [3.8, 4) is 0 Å². The van der Waals surface area contributed by atoms with Gasteiger partial charge in [-0.25, -0.2) is 4.79 Å². The van der Waals surface area contributed by atoms with Crippen LogP contribution in [0.2, 0.25) is 0 Å². The normalized spacial score (nSPS) is 11.8. The van der Waals surface area contributed by atoms with Crippen LogP contribution < -0.4 is 16.8 Å². The van der Waals surface area contributed by atoms with Crippen molar-refractivity contribution in [3.05, 3.63) is 24.0 Å². The number of amides is 1. The minimum atomic E-state index is -1.10. The Bertz CT molecular complexity index is 186. The van der Waals surface area contributed by atoms with Gasteiger partial charge in [0, 0.05) is 5.70 Å². The van der Waals surface area contributed by atoms with Crippen LogP contribution in [0.1, 0.15) is 0 Å². The van der Waals surface area contributed by atoms with Crippen molar-refractivity contribution in [1.29, 1.82) is 0 Å². The van der Waals surface area contributed by atoms with E-state index < -0.39 is 6.09 Å². The number of nitrogens with one attached hydrogen (secondary N) is 1. The second-order valence-electron chi connectivity index (χ2n) is 1.79. The lowest BCUT2D eigenvalue weighted by atomic mass is 10.4. The molecule has 5 nitrogen and oxygen atoms in total. The number of nitrogens with two attached hydrogens (primary N) is 2. The molecule has 5 heteroatoms. The van der Waals surface area contributed by atoms with Gasteiger partial charge in [0.05, 0.1) is 6.54 Å². The highest BCUT2D eigenvalue weighted by Gasteiger charge is 1.92. The number of hydrogen-bond donors (Lipinski definition) is 4. The largest absolute Gasteiger partial charge is 0.465 e. The Labute approximate surface area is 64.4 Å². The lowest BCUT2D eigenvalue weighted by molar-refractivity contribution is 0.195. The molecule has 0 bridgehead atoms. The lowest BCUT2D eigenvalue weighted by Gasteiger charge is -1.98. The first-order chi connectivity index (χ1) is 5.16. The Hall–Kier alpha value is -1.65. The van der Waals surface area contributed by atoms with Crippen molar-refractivity contribution in [2.24, 2.45) is 11.5 Å². The average molecular weight is 157 g/mol. The number of carboxylic acid groups (broad SMARTS) is 1. The first-order valence-electron chi connectivity index (χ1n) is 2.96. The molecule has 0 aromatic heterocycles. The van der Waals surface area contributed by atoms with Gasteiger partial charge >= 0.3 is 6.09 Å². The summed E-state index contributed by atoms with van der Waals surface area (Å²) in [6.45, 7) is 0.111. The smallest absolute Gasteiger partial charge is 0.404 e. The lowest BCUT2D eigenvalue weighted by Crippen LogP contribution is -2.25. The van der Waals surface area contributed by atoms with E-state index in [-0.39, 0.29) is 6.54 Å². The monoisotopic (exact) mass is 157 g/mol. The highest BCUT2D eigenvalue weighted by Crippen LogP contribution is 1.81. The van der Waals surface area contributed by atoms with Gasteiger partial charge in [-0.3, -0.25) is 0 Å². The molecule has 0 atom stereocenters. The van der Waals surface area contributed by atoms with Gasteiger partial charge in [-0.1, -0.05) is 0 Å². The molecule has 0 saturated carbocycles. The van der Waals surface area contributed by atoms with E-state index in [9.17, 15) is 4.79 Å². The second-order valence-corrected chi connectivity index (χ2v) is 1.79. The fourth-order valence-corrected chi connectivity index (χ4v) is 0.416. The summed E-state index contributed by atoms with van der Waals surface area (Å²) in [6.07, 6.45) is 3.26. The van der Waals surface area contributed by atoms with Gasteiger partial charge in [0.15, 0.2) is 0 Å². The van der Waals surface area contributed by atoms with Gasteiger partial charge in [0.1, 0.15) is 0 Å². The molecule has 0 aromatic carbocycles. The van der Waals surface area contributed by atoms with Gasteiger partial charge in [-0.2, -0.15) is 0 Å². The first-order valence-corrected chi connectivity index (χ1v) is 2.96. The molecule has 0 radical (unpaired) electrons. The van der Waals surface area contributed by atoms with E-state index in [4.69, 9.17) is 16.6 Å². The minimum Gasteiger partial charge on any atom is -0.465 e. The van der Waals surface area contributed by atoms with Gasteiger partial charge in [0.25, 0.3) is 0 Å². The van der Waals surface area contributed by atoms with E-state index in [2.05, 4.69) is 5.32 Å². The molecule has 1 amide bonds. The van der Waals surface area contributed by atoms with Crippen LogP contribution in [0, 0.1) is 0 Å². The second kappa shape index (κ2) is 5.16. The van der Waals surface area contributed by atoms with Gasteiger partial charge < -0.3 is 21.9 Å². The van der Waals surface area contributed by atoms with E-state index in [0.717, 1.165) is 0 Å². The molecule has 0 rings (SSSR count). The van der Waals surface area contributed by atoms with Crippen molar-refractivity contribution in [1.82, 2.24) is 5.32 Å². The molecule has 0 fully saturated rings. The van der Waals surface area contributed by atoms with E-state index in [0.29, 0.717) is 5.70 Å². The van der Waals surface area contributed by atoms with Crippen molar-refractivity contribution < 1.29 is 9.90 Å². The summed E-state index contributed by atoms with van der Waals surface area (Å²) in [7, 11) is 0. The third kappa shape index (κ3) is 6.23. The molecule has 6 N–H and O–H groups in total. The zero-order valence-electron chi connectivity index (χ0n) is 5.95. The minimum absolute atomic E-state index is 0.111. The SMILES string of the molecule is N/C=C\C=C(/N)CNC(=O)O. The molecule has 0 saturated heterocycles. The van der Waals surface area contributed by atoms with Crippen LogP contribution in [0.25, 0.3) is 0 Å². The van der Waals surface area contributed by atoms with Crippen LogP contribution in [0.15, 0.2) is 24.0 Å². The molecule has 0 aliphatic rings. The van der Waals surface area contributed by atoms with Crippen LogP contribution in [0.3, 0.4) is 0 Å². The predicted octanol–water partition coefficient (Wildman–Crippen LogP) is -0.431. The summed E-state index contributed by atoms with van der Waals surface area (Å²) < 4.78 is 0. The van der Waals surface area contributed by atoms with Crippen molar-refractivity contribution in [3.63, 3.8) is 0 Å². The van der Waals surface area contributed by atoms with Crippen LogP contribution in [-0.2, 0) is 0 Å². The highest BCUT2D eigenvalue weighted by molar-refractivity contribution is 5.64. The highest BCUT2D eigenvalue weighted by atomic mass is 16.4. The molecule has 0 aliphatic heterocycles. The fraction of sp³-hybridized carbons (Fsp3) is 0.167. The standard InChI is InChI=1S/C6H11N3O2/c7-3-1-2-5(8)4-9-6(10)11/h1-3,9H,4,7-8H2,(H,10,11)/b3-1-,5-2-. The molecular weight excluding hydrogens is 146 g/mol.